The summed E-state index contributed by atoms with van der Waals surface area (Å²) in [5, 5.41) is 0. The Morgan fingerprint density at radius 2 is 1.19 bits per heavy atom. The summed E-state index contributed by atoms with van der Waals surface area (Å²) < 4.78 is 0. The molecule has 0 radical (unpaired) electrons. The van der Waals surface area contributed by atoms with Crippen molar-refractivity contribution in [3.8, 4) is 0 Å². The molecule has 3 aromatic rings. The highest BCUT2D eigenvalue weighted by Crippen LogP contribution is 2.56. The van der Waals surface area contributed by atoms with Crippen LogP contribution in [0.15, 0.2) is 78.9 Å². The van der Waals surface area contributed by atoms with Gasteiger partial charge in [0.15, 0.2) is 0 Å². The highest BCUT2D eigenvalue weighted by atomic mass is 14.5. The van der Waals surface area contributed by atoms with Crippen molar-refractivity contribution in [2.45, 2.75) is 83.0 Å². The highest BCUT2D eigenvalue weighted by molar-refractivity contribution is 5.53. The van der Waals surface area contributed by atoms with E-state index < -0.39 is 0 Å². The van der Waals surface area contributed by atoms with Crippen LogP contribution in [0.4, 0.5) is 0 Å². The predicted molar refractivity (Wildman–Crippen MR) is 134 cm³/mol. The molecule has 1 aliphatic carbocycles. The first-order chi connectivity index (χ1) is 14.5. The van der Waals surface area contributed by atoms with Gasteiger partial charge in [0, 0.05) is 5.41 Å². The molecule has 0 aromatic heterocycles. The average Bonchev–Trinajstić information content (AvgIpc) is 2.96. The summed E-state index contributed by atoms with van der Waals surface area (Å²) >= 11 is 0. The minimum absolute atomic E-state index is 0.0362. The number of benzene rings is 3. The van der Waals surface area contributed by atoms with Crippen LogP contribution >= 0.6 is 0 Å². The predicted octanol–water partition coefficient (Wildman–Crippen LogP) is 8.32. The van der Waals surface area contributed by atoms with Crippen LogP contribution in [0.25, 0.3) is 0 Å². The molecule has 0 heteroatoms. The summed E-state index contributed by atoms with van der Waals surface area (Å²) in [5.74, 6) is 0. The van der Waals surface area contributed by atoms with Gasteiger partial charge in [-0.3, -0.25) is 0 Å². The third-order valence-electron chi connectivity index (χ3n) is 7.69. The fraction of sp³-hybridized carbons (Fsp3) is 0.419. The van der Waals surface area contributed by atoms with Crippen molar-refractivity contribution in [1.29, 1.82) is 0 Å². The van der Waals surface area contributed by atoms with Gasteiger partial charge in [0.2, 0.25) is 0 Å². The fourth-order valence-corrected chi connectivity index (χ4v) is 6.18. The Labute approximate surface area is 189 Å². The van der Waals surface area contributed by atoms with Crippen molar-refractivity contribution >= 4 is 0 Å². The molecule has 4 rings (SSSR count). The lowest BCUT2D eigenvalue weighted by atomic mass is 9.66. The van der Waals surface area contributed by atoms with E-state index in [2.05, 4.69) is 127 Å². The van der Waals surface area contributed by atoms with Gasteiger partial charge in [0.1, 0.15) is 0 Å². The molecule has 0 aliphatic heterocycles. The molecular formula is C31H38. The van der Waals surface area contributed by atoms with Crippen LogP contribution in [0, 0.1) is 0 Å². The molecule has 0 N–H and O–H groups in total. The summed E-state index contributed by atoms with van der Waals surface area (Å²) in [4.78, 5) is 0. The van der Waals surface area contributed by atoms with E-state index in [0.29, 0.717) is 0 Å². The highest BCUT2D eigenvalue weighted by Gasteiger charge is 2.49. The van der Waals surface area contributed by atoms with Crippen LogP contribution in [-0.4, -0.2) is 0 Å². The molecule has 3 aromatic carbocycles. The standard InChI is InChI=1S/C31H38/c1-28(2,3)23-17-19-25(20-18-23)31(7)22-30(6,26-15-11-12-16-27(26)31)21-29(4,5)24-13-9-8-10-14-24/h8-20H,21-22H2,1-7H3. The molecule has 0 nitrogen and oxygen atoms in total. The summed E-state index contributed by atoms with van der Waals surface area (Å²) in [6, 6.07) is 29.7. The van der Waals surface area contributed by atoms with E-state index in [-0.39, 0.29) is 21.7 Å². The Hall–Kier alpha value is -2.34. The van der Waals surface area contributed by atoms with E-state index >= 15 is 0 Å². The summed E-state index contributed by atoms with van der Waals surface area (Å²) in [7, 11) is 0. The molecule has 0 heterocycles. The molecule has 2 unspecified atom stereocenters. The Kier molecular flexibility index (Phi) is 5.20. The van der Waals surface area contributed by atoms with Crippen LogP contribution in [0.3, 0.4) is 0 Å². The molecule has 0 saturated carbocycles. The second-order valence-electron chi connectivity index (χ2n) is 11.9. The number of rotatable bonds is 4. The van der Waals surface area contributed by atoms with Crippen LogP contribution in [0.1, 0.15) is 89.1 Å². The van der Waals surface area contributed by atoms with Crippen molar-refractivity contribution in [2.24, 2.45) is 0 Å². The molecule has 0 fully saturated rings. The van der Waals surface area contributed by atoms with E-state index in [4.69, 9.17) is 0 Å². The quantitative estimate of drug-likeness (QED) is 0.405. The maximum absolute atomic E-state index is 2.49. The second-order valence-corrected chi connectivity index (χ2v) is 11.9. The molecule has 0 saturated heterocycles. The molecule has 0 bridgehead atoms. The molecule has 1 aliphatic rings. The first kappa shape index (κ1) is 21.9. The molecular weight excluding hydrogens is 372 g/mol. The largest absolute Gasteiger partial charge is 0.0622 e. The first-order valence-electron chi connectivity index (χ1n) is 11.7. The molecule has 162 valence electrons. The van der Waals surface area contributed by atoms with Crippen LogP contribution in [0.5, 0.6) is 0 Å². The molecule has 31 heavy (non-hydrogen) atoms. The van der Waals surface area contributed by atoms with E-state index in [1.54, 1.807) is 0 Å². The molecule has 0 amide bonds. The Bertz CT molecular complexity index is 1050. The Morgan fingerprint density at radius 3 is 1.77 bits per heavy atom. The smallest absolute Gasteiger partial charge is 0.0186 e. The van der Waals surface area contributed by atoms with Crippen LogP contribution in [0.2, 0.25) is 0 Å². The SMILES string of the molecule is CC(C)(C)c1ccc(C2(C)CC(C)(CC(C)(C)c3ccccc3)c3ccccc32)cc1. The number of hydrogen-bond acceptors (Lipinski definition) is 0. The average molecular weight is 411 g/mol. The van der Waals surface area contributed by atoms with Crippen molar-refractivity contribution in [2.75, 3.05) is 0 Å². The van der Waals surface area contributed by atoms with E-state index in [0.717, 1.165) is 12.8 Å². The second kappa shape index (κ2) is 7.37. The maximum Gasteiger partial charge on any atom is 0.0186 e. The van der Waals surface area contributed by atoms with E-state index in [1.165, 1.54) is 27.8 Å². The van der Waals surface area contributed by atoms with Gasteiger partial charge in [0.25, 0.3) is 0 Å². The number of hydrogen-bond donors (Lipinski definition) is 0. The van der Waals surface area contributed by atoms with Gasteiger partial charge in [-0.15, -0.1) is 0 Å². The third-order valence-corrected chi connectivity index (χ3v) is 7.69. The van der Waals surface area contributed by atoms with E-state index in [1.807, 2.05) is 0 Å². The minimum Gasteiger partial charge on any atom is -0.0622 e. The van der Waals surface area contributed by atoms with Crippen molar-refractivity contribution in [3.63, 3.8) is 0 Å². The monoisotopic (exact) mass is 410 g/mol. The fourth-order valence-electron chi connectivity index (χ4n) is 6.18. The number of fused-ring (bicyclic) bond motifs is 1. The minimum atomic E-state index is 0.0362. The summed E-state index contributed by atoms with van der Waals surface area (Å²) in [6.45, 7) is 16.6. The van der Waals surface area contributed by atoms with Gasteiger partial charge in [-0.1, -0.05) is 127 Å². The van der Waals surface area contributed by atoms with Crippen molar-refractivity contribution in [3.05, 3.63) is 107 Å². The zero-order valence-electron chi connectivity index (χ0n) is 20.4. The van der Waals surface area contributed by atoms with Gasteiger partial charge in [-0.25, -0.2) is 0 Å². The van der Waals surface area contributed by atoms with E-state index in [9.17, 15) is 0 Å². The van der Waals surface area contributed by atoms with Gasteiger partial charge < -0.3 is 0 Å². The lowest BCUT2D eigenvalue weighted by Crippen LogP contribution is -2.32. The summed E-state index contributed by atoms with van der Waals surface area (Å²) in [6.07, 6.45) is 2.28. The maximum atomic E-state index is 2.49. The molecule has 0 spiro atoms. The normalized spacial score (nSPS) is 23.6. The topological polar surface area (TPSA) is 0 Å². The Balaban J connectivity index is 1.75. The zero-order chi connectivity index (χ0) is 22.5. The van der Waals surface area contributed by atoms with Crippen molar-refractivity contribution < 1.29 is 0 Å². The van der Waals surface area contributed by atoms with Crippen molar-refractivity contribution in [1.82, 2.24) is 0 Å². The zero-order valence-corrected chi connectivity index (χ0v) is 20.4. The van der Waals surface area contributed by atoms with Gasteiger partial charge in [0.05, 0.1) is 0 Å². The first-order valence-corrected chi connectivity index (χ1v) is 11.7. The van der Waals surface area contributed by atoms with Crippen LogP contribution in [-0.2, 0) is 21.7 Å². The Morgan fingerprint density at radius 1 is 0.645 bits per heavy atom. The lowest BCUT2D eigenvalue weighted by Gasteiger charge is -2.38. The van der Waals surface area contributed by atoms with Gasteiger partial charge in [-0.2, -0.15) is 0 Å². The van der Waals surface area contributed by atoms with Gasteiger partial charge in [-0.05, 0) is 56.9 Å². The third kappa shape index (κ3) is 3.86. The lowest BCUT2D eigenvalue weighted by molar-refractivity contribution is 0.296. The van der Waals surface area contributed by atoms with Crippen LogP contribution < -0.4 is 0 Å². The molecule has 2 atom stereocenters. The summed E-state index contributed by atoms with van der Waals surface area (Å²) in [5.41, 5.74) is 7.77. The van der Waals surface area contributed by atoms with Gasteiger partial charge >= 0.3 is 0 Å².